The van der Waals surface area contributed by atoms with Crippen LogP contribution in [-0.4, -0.2) is 27.4 Å². The van der Waals surface area contributed by atoms with Crippen LogP contribution >= 0.6 is 0 Å². The van der Waals surface area contributed by atoms with E-state index in [2.05, 4.69) is 5.32 Å². The third-order valence-corrected chi connectivity index (χ3v) is 7.96. The average Bonchev–Trinajstić information content (AvgIpc) is 3.30. The molecule has 28 heavy (non-hydrogen) atoms. The van der Waals surface area contributed by atoms with Crippen LogP contribution in [0.3, 0.4) is 0 Å². The third-order valence-electron chi connectivity index (χ3n) is 6.17. The lowest BCUT2D eigenvalue weighted by Crippen LogP contribution is -2.38. The number of hydrogen-bond acceptors (Lipinski definition) is 3. The Morgan fingerprint density at radius 2 is 1.86 bits per heavy atom. The third kappa shape index (κ3) is 3.53. The van der Waals surface area contributed by atoms with Crippen molar-refractivity contribution in [3.8, 4) is 0 Å². The van der Waals surface area contributed by atoms with E-state index >= 15 is 0 Å². The molecule has 6 heteroatoms. The molecule has 4 rings (SSSR count). The molecule has 0 radical (unpaired) electrons. The molecular weight excluding hydrogens is 372 g/mol. The quantitative estimate of drug-likeness (QED) is 0.834. The number of carbonyl (C=O) groups is 1. The van der Waals surface area contributed by atoms with E-state index in [0.717, 1.165) is 17.9 Å². The number of benzene rings is 2. The number of sulfonamides is 1. The number of amides is 1. The van der Waals surface area contributed by atoms with Crippen molar-refractivity contribution in [2.75, 3.05) is 11.4 Å². The fourth-order valence-electron chi connectivity index (χ4n) is 4.59. The van der Waals surface area contributed by atoms with Gasteiger partial charge in [0.1, 0.15) is 0 Å². The van der Waals surface area contributed by atoms with E-state index in [1.807, 2.05) is 25.1 Å². The van der Waals surface area contributed by atoms with Crippen molar-refractivity contribution in [3.63, 3.8) is 0 Å². The van der Waals surface area contributed by atoms with Gasteiger partial charge in [0.15, 0.2) is 0 Å². The van der Waals surface area contributed by atoms with Crippen molar-refractivity contribution in [2.45, 2.75) is 43.5 Å². The zero-order valence-electron chi connectivity index (χ0n) is 16.3. The van der Waals surface area contributed by atoms with Crippen LogP contribution < -0.4 is 9.62 Å². The molecule has 2 aromatic rings. The lowest BCUT2D eigenvalue weighted by Gasteiger charge is -2.23. The predicted molar refractivity (Wildman–Crippen MR) is 110 cm³/mol. The maximum atomic E-state index is 13.1. The van der Waals surface area contributed by atoms with Gasteiger partial charge in [-0.2, -0.15) is 0 Å². The molecule has 0 spiro atoms. The largest absolute Gasteiger partial charge is 0.349 e. The normalized spacial score (nSPS) is 23.6. The Labute approximate surface area is 166 Å². The highest BCUT2D eigenvalue weighted by Gasteiger charge is 2.40. The molecule has 2 fully saturated rings. The van der Waals surface area contributed by atoms with Crippen LogP contribution in [0.5, 0.6) is 0 Å². The first kappa shape index (κ1) is 19.0. The van der Waals surface area contributed by atoms with Crippen molar-refractivity contribution >= 4 is 21.6 Å². The van der Waals surface area contributed by atoms with Crippen LogP contribution in [0.1, 0.15) is 41.6 Å². The van der Waals surface area contributed by atoms with Crippen molar-refractivity contribution in [3.05, 3.63) is 59.7 Å². The lowest BCUT2D eigenvalue weighted by atomic mass is 9.95. The summed E-state index contributed by atoms with van der Waals surface area (Å²) in [5.74, 6) is 1.13. The van der Waals surface area contributed by atoms with Crippen molar-refractivity contribution in [1.29, 1.82) is 0 Å². The van der Waals surface area contributed by atoms with Gasteiger partial charge >= 0.3 is 0 Å². The van der Waals surface area contributed by atoms with Crippen LogP contribution in [0.25, 0.3) is 0 Å². The van der Waals surface area contributed by atoms with E-state index in [4.69, 9.17) is 0 Å². The lowest BCUT2D eigenvalue weighted by molar-refractivity contribution is 0.0922. The topological polar surface area (TPSA) is 66.5 Å². The number of nitrogens with one attached hydrogen (secondary N) is 1. The summed E-state index contributed by atoms with van der Waals surface area (Å²) in [4.78, 5) is 12.8. The van der Waals surface area contributed by atoms with Crippen molar-refractivity contribution in [2.24, 2.45) is 11.8 Å². The molecule has 2 aliphatic rings. The zero-order chi connectivity index (χ0) is 19.9. The molecule has 1 amide bonds. The van der Waals surface area contributed by atoms with Gasteiger partial charge in [-0.3, -0.25) is 9.10 Å². The Kier molecular flexibility index (Phi) is 4.91. The van der Waals surface area contributed by atoms with E-state index in [1.54, 1.807) is 18.2 Å². The summed E-state index contributed by atoms with van der Waals surface area (Å²) >= 11 is 0. The molecular formula is C22H26N2O3S. The molecule has 0 unspecified atom stereocenters. The molecule has 3 atom stereocenters. The predicted octanol–water partition coefficient (Wildman–Crippen LogP) is 3.74. The fourth-order valence-corrected chi connectivity index (χ4v) is 5.83. The Hall–Kier alpha value is -2.34. The molecule has 1 N–H and O–H groups in total. The van der Waals surface area contributed by atoms with Gasteiger partial charge in [0, 0.05) is 18.7 Å². The summed E-state index contributed by atoms with van der Waals surface area (Å²) in [6.07, 6.45) is 4.71. The Bertz CT molecular complexity index is 1000. The van der Waals surface area contributed by atoms with Crippen LogP contribution in [0.4, 0.5) is 5.69 Å². The highest BCUT2D eigenvalue weighted by molar-refractivity contribution is 7.92. The molecule has 2 aromatic carbocycles. The first-order chi connectivity index (χ1) is 13.3. The summed E-state index contributed by atoms with van der Waals surface area (Å²) in [6.45, 7) is 1.92. The summed E-state index contributed by atoms with van der Waals surface area (Å²) in [5, 5.41) is 3.13. The van der Waals surface area contributed by atoms with Gasteiger partial charge in [0.2, 0.25) is 0 Å². The number of anilines is 1. The summed E-state index contributed by atoms with van der Waals surface area (Å²) < 4.78 is 27.4. The van der Waals surface area contributed by atoms with Crippen LogP contribution in [0.15, 0.2) is 53.4 Å². The van der Waals surface area contributed by atoms with E-state index in [9.17, 15) is 13.2 Å². The minimum Gasteiger partial charge on any atom is -0.349 e. The molecule has 2 saturated carbocycles. The van der Waals surface area contributed by atoms with E-state index in [0.29, 0.717) is 17.2 Å². The van der Waals surface area contributed by atoms with Gasteiger partial charge in [-0.15, -0.1) is 0 Å². The summed E-state index contributed by atoms with van der Waals surface area (Å²) in [7, 11) is -2.21. The van der Waals surface area contributed by atoms with Gasteiger partial charge in [0.25, 0.3) is 15.9 Å². The monoisotopic (exact) mass is 398 g/mol. The molecule has 0 saturated heterocycles. The molecule has 2 bridgehead atoms. The first-order valence-electron chi connectivity index (χ1n) is 9.81. The minimum absolute atomic E-state index is 0.122. The maximum Gasteiger partial charge on any atom is 0.264 e. The second kappa shape index (κ2) is 7.24. The van der Waals surface area contributed by atoms with Gasteiger partial charge in [0.05, 0.1) is 10.6 Å². The number of carbonyl (C=O) groups excluding carboxylic acids is 1. The molecule has 0 heterocycles. The first-order valence-corrected chi connectivity index (χ1v) is 11.2. The van der Waals surface area contributed by atoms with E-state index < -0.39 is 10.0 Å². The molecule has 148 valence electrons. The van der Waals surface area contributed by atoms with Crippen molar-refractivity contribution in [1.82, 2.24) is 5.32 Å². The van der Waals surface area contributed by atoms with Gasteiger partial charge in [-0.1, -0.05) is 24.6 Å². The SMILES string of the molecule is Cc1cccc(N(C)S(=O)(=O)c2cccc(C(=O)N[C@@H]3C[C@@H]4CC[C@@H]3C4)c2)c1. The van der Waals surface area contributed by atoms with Crippen molar-refractivity contribution < 1.29 is 13.2 Å². The second-order valence-corrected chi connectivity index (χ2v) is 10.1. The Balaban J connectivity index is 1.54. The number of nitrogens with zero attached hydrogens (tertiary/aromatic N) is 1. The maximum absolute atomic E-state index is 13.1. The van der Waals surface area contributed by atoms with E-state index in [-0.39, 0.29) is 16.8 Å². The number of hydrogen-bond donors (Lipinski definition) is 1. The number of rotatable bonds is 5. The average molecular weight is 399 g/mol. The fraction of sp³-hybridized carbons (Fsp3) is 0.409. The minimum atomic E-state index is -3.75. The summed E-state index contributed by atoms with van der Waals surface area (Å²) in [6, 6.07) is 13.9. The zero-order valence-corrected chi connectivity index (χ0v) is 17.1. The van der Waals surface area contributed by atoms with Gasteiger partial charge in [-0.25, -0.2) is 8.42 Å². The molecule has 0 aromatic heterocycles. The van der Waals surface area contributed by atoms with E-state index in [1.165, 1.54) is 42.7 Å². The van der Waals surface area contributed by atoms with Crippen LogP contribution in [0.2, 0.25) is 0 Å². The second-order valence-electron chi connectivity index (χ2n) is 8.09. The van der Waals surface area contributed by atoms with Gasteiger partial charge in [-0.05, 0) is 73.9 Å². The van der Waals surface area contributed by atoms with Crippen LogP contribution in [-0.2, 0) is 10.0 Å². The number of aryl methyl sites for hydroxylation is 1. The molecule has 5 nitrogen and oxygen atoms in total. The highest BCUT2D eigenvalue weighted by Crippen LogP contribution is 2.44. The molecule has 0 aliphatic heterocycles. The Morgan fingerprint density at radius 3 is 2.54 bits per heavy atom. The van der Waals surface area contributed by atoms with Crippen LogP contribution in [0, 0.1) is 18.8 Å². The summed E-state index contributed by atoms with van der Waals surface area (Å²) in [5.41, 5.74) is 1.97. The van der Waals surface area contributed by atoms with Gasteiger partial charge < -0.3 is 5.32 Å². The standard InChI is InChI=1S/C22H26N2O3S/c1-15-5-3-7-19(11-15)24(2)28(26,27)20-8-4-6-18(14-20)22(25)23-21-13-16-9-10-17(21)12-16/h3-8,11,14,16-17,21H,9-10,12-13H2,1-2H3,(H,23,25)/t16-,17-,21-/m1/s1. The number of fused-ring (bicyclic) bond motifs is 2. The molecule has 2 aliphatic carbocycles. The Morgan fingerprint density at radius 1 is 1.07 bits per heavy atom. The highest BCUT2D eigenvalue weighted by atomic mass is 32.2. The smallest absolute Gasteiger partial charge is 0.264 e.